The van der Waals surface area contributed by atoms with Crippen LogP contribution in [-0.4, -0.2) is 44.1 Å². The summed E-state index contributed by atoms with van der Waals surface area (Å²) in [5.74, 6) is -1.82. The van der Waals surface area contributed by atoms with Crippen LogP contribution in [0.25, 0.3) is 0 Å². The molecule has 0 aliphatic carbocycles. The van der Waals surface area contributed by atoms with Crippen molar-refractivity contribution in [2.24, 2.45) is 0 Å². The lowest BCUT2D eigenvalue weighted by molar-refractivity contribution is -0.128. The molecule has 6 heteroatoms. The zero-order chi connectivity index (χ0) is 23.7. The predicted octanol–water partition coefficient (Wildman–Crippen LogP) is 3.45. The fourth-order valence-electron chi connectivity index (χ4n) is 2.44. The molecule has 3 atom stereocenters. The Balaban J connectivity index is 1.87. The maximum atomic E-state index is 12.7. The van der Waals surface area contributed by atoms with Gasteiger partial charge in [0.25, 0.3) is 0 Å². The molecule has 6 nitrogen and oxygen atoms in total. The fourth-order valence-corrected chi connectivity index (χ4v) is 2.44. The number of benzene rings is 2. The molecule has 2 aromatic rings. The van der Waals surface area contributed by atoms with Crippen LogP contribution in [0.5, 0.6) is 0 Å². The number of rotatable bonds is 6. The number of hydrogen-bond acceptors (Lipinski definition) is 6. The molecule has 28 heavy (non-hydrogen) atoms. The number of hydrogen-bond donors (Lipinski definition) is 0. The van der Waals surface area contributed by atoms with Gasteiger partial charge in [0.05, 0.1) is 13.9 Å². The molecule has 3 rings (SSSR count). The van der Waals surface area contributed by atoms with Gasteiger partial charge in [0, 0.05) is 16.2 Å². The van der Waals surface area contributed by atoms with Gasteiger partial charge >= 0.3 is 11.9 Å². The van der Waals surface area contributed by atoms with Crippen LogP contribution in [0.4, 0.5) is 0 Å². The van der Waals surface area contributed by atoms with Gasteiger partial charge in [0.2, 0.25) is 0 Å². The third kappa shape index (κ3) is 4.97. The molecule has 0 saturated carbocycles. The van der Waals surface area contributed by atoms with Gasteiger partial charge in [-0.15, -0.1) is 0 Å². The van der Waals surface area contributed by atoms with Gasteiger partial charge in [0.15, 0.2) is 6.29 Å². The van der Waals surface area contributed by atoms with Crippen LogP contribution in [0.3, 0.4) is 0 Å². The minimum Gasteiger partial charge on any atom is -0.459 e. The molecule has 2 aromatic carbocycles. The Labute approximate surface area is 170 Å². The first-order chi connectivity index (χ1) is 14.9. The molecule has 0 aromatic heterocycles. The fraction of sp³-hybridized carbons (Fsp3) is 0.364. The van der Waals surface area contributed by atoms with E-state index in [2.05, 4.69) is 0 Å². The molecule has 1 heterocycles. The van der Waals surface area contributed by atoms with E-state index >= 15 is 0 Å². The monoisotopic (exact) mass is 388 g/mol. The molecule has 0 radical (unpaired) electrons. The number of esters is 2. The molecule has 1 aliphatic rings. The zero-order valence-corrected chi connectivity index (χ0v) is 15.9. The molecule has 1 fully saturated rings. The highest BCUT2D eigenvalue weighted by Gasteiger charge is 2.39. The first-order valence-corrected chi connectivity index (χ1v) is 8.68. The predicted molar refractivity (Wildman–Crippen MR) is 102 cm³/mol. The van der Waals surface area contributed by atoms with Crippen molar-refractivity contribution in [2.45, 2.75) is 38.7 Å². The molecule has 0 amide bonds. The van der Waals surface area contributed by atoms with Crippen molar-refractivity contribution >= 4 is 11.9 Å². The first kappa shape index (κ1) is 15.2. The molecule has 148 valence electrons. The summed E-state index contributed by atoms with van der Waals surface area (Å²) in [6.45, 7) is 2.80. The van der Waals surface area contributed by atoms with Crippen molar-refractivity contribution in [3.63, 3.8) is 0 Å². The largest absolute Gasteiger partial charge is 0.459 e. The lowest BCUT2D eigenvalue weighted by atomic mass is 10.1. The molecule has 0 N–H and O–H groups in total. The minimum atomic E-state index is -2.91. The summed E-state index contributed by atoms with van der Waals surface area (Å²) >= 11 is 0. The topological polar surface area (TPSA) is 71.1 Å². The van der Waals surface area contributed by atoms with Crippen LogP contribution in [0, 0.1) is 13.8 Å². The second kappa shape index (κ2) is 8.99. The van der Waals surface area contributed by atoms with Crippen molar-refractivity contribution in [3.8, 4) is 0 Å². The van der Waals surface area contributed by atoms with E-state index in [-0.39, 0.29) is 11.1 Å². The molecule has 0 bridgehead atoms. The van der Waals surface area contributed by atoms with Crippen LogP contribution in [0.15, 0.2) is 48.5 Å². The van der Waals surface area contributed by atoms with E-state index in [1.54, 1.807) is 24.3 Å². The molecule has 1 aliphatic heterocycles. The van der Waals surface area contributed by atoms with Crippen LogP contribution in [0.2, 0.25) is 0 Å². The van der Waals surface area contributed by atoms with Crippen molar-refractivity contribution in [1.29, 1.82) is 0 Å². The van der Waals surface area contributed by atoms with E-state index in [9.17, 15) is 9.59 Å². The van der Waals surface area contributed by atoms with Crippen molar-refractivity contribution in [2.75, 3.05) is 13.7 Å². The second-order valence-electron chi connectivity index (χ2n) is 6.28. The molecule has 0 spiro atoms. The number of methoxy groups -OCH3 is 1. The normalized spacial score (nSPS) is 30.5. The number of ether oxygens (including phenoxy) is 4. The number of carbonyl (C=O) groups excluding carboxylic acids is 2. The highest BCUT2D eigenvalue weighted by molar-refractivity contribution is 5.90. The van der Waals surface area contributed by atoms with Crippen LogP contribution in [-0.2, 0) is 18.9 Å². The summed E-state index contributed by atoms with van der Waals surface area (Å²) < 4.78 is 54.5. The lowest BCUT2D eigenvalue weighted by Gasteiger charge is -2.19. The Kier molecular flexibility index (Phi) is 4.90. The molecular weight excluding hydrogens is 360 g/mol. The summed E-state index contributed by atoms with van der Waals surface area (Å²) in [6.07, 6.45) is -9.96. The van der Waals surface area contributed by atoms with Crippen molar-refractivity contribution in [1.82, 2.24) is 0 Å². The zero-order valence-electron chi connectivity index (χ0n) is 19.9. The summed E-state index contributed by atoms with van der Waals surface area (Å²) in [5.41, 5.74) is 2.09. The van der Waals surface area contributed by atoms with E-state index in [1.807, 2.05) is 13.8 Å². The molecule has 1 saturated heterocycles. The lowest BCUT2D eigenvalue weighted by Crippen LogP contribution is -2.32. The maximum Gasteiger partial charge on any atom is 0.338 e. The van der Waals surface area contributed by atoms with Crippen molar-refractivity contribution < 1.29 is 34.0 Å². The van der Waals surface area contributed by atoms with Gasteiger partial charge in [0.1, 0.15) is 18.8 Å². The minimum absolute atomic E-state index is 0.0675. The van der Waals surface area contributed by atoms with Crippen molar-refractivity contribution in [3.05, 3.63) is 70.8 Å². The second-order valence-corrected chi connectivity index (χ2v) is 6.28. The van der Waals surface area contributed by atoms with Gasteiger partial charge in [-0.25, -0.2) is 9.59 Å². The standard InChI is InChI=1S/C22H24O6/c1-14-4-8-16(9-5-14)21(23)26-13-19-18(12-20(25-3)27-19)28-22(24)17-10-6-15(2)7-11-17/h4-11,18-20H,12-13H2,1-3H3/t18-,19+,20-/m0/s1/i12D2,18D,19D. The third-order valence-electron chi connectivity index (χ3n) is 4.07. The Morgan fingerprint density at radius 1 is 1.04 bits per heavy atom. The molecular formula is C22H24O6. The summed E-state index contributed by atoms with van der Waals surface area (Å²) in [7, 11) is 1.13. The number of carbonyl (C=O) groups is 2. The highest BCUT2D eigenvalue weighted by atomic mass is 16.7. The smallest absolute Gasteiger partial charge is 0.338 e. The van der Waals surface area contributed by atoms with E-state index in [1.165, 1.54) is 24.3 Å². The van der Waals surface area contributed by atoms with Gasteiger partial charge in [-0.05, 0) is 38.1 Å². The first-order valence-electron chi connectivity index (χ1n) is 10.7. The van der Waals surface area contributed by atoms with E-state index in [4.69, 9.17) is 24.4 Å². The molecule has 0 unspecified atom stereocenters. The van der Waals surface area contributed by atoms with Crippen LogP contribution >= 0.6 is 0 Å². The Bertz CT molecular complexity index is 994. The van der Waals surface area contributed by atoms with E-state index in [0.717, 1.165) is 18.2 Å². The van der Waals surface area contributed by atoms with Gasteiger partial charge in [-0.3, -0.25) is 0 Å². The van der Waals surface area contributed by atoms with Gasteiger partial charge in [-0.1, -0.05) is 35.4 Å². The summed E-state index contributed by atoms with van der Waals surface area (Å²) in [4.78, 5) is 25.1. The Morgan fingerprint density at radius 3 is 2.11 bits per heavy atom. The van der Waals surface area contributed by atoms with E-state index in [0.29, 0.717) is 0 Å². The third-order valence-corrected chi connectivity index (χ3v) is 4.07. The van der Waals surface area contributed by atoms with Crippen LogP contribution in [0.1, 0.15) is 43.7 Å². The number of aryl methyl sites for hydroxylation is 2. The maximum absolute atomic E-state index is 12.7. The highest BCUT2D eigenvalue weighted by Crippen LogP contribution is 2.25. The SMILES string of the molecule is [2H]C1([2H])[C@@H](OC)O[C@]([2H])(COC(=O)c2ccc(C)cc2)[C@@]1([2H])OC(=O)c1ccc(C)cc1. The summed E-state index contributed by atoms with van der Waals surface area (Å²) in [5, 5.41) is 0. The van der Waals surface area contributed by atoms with Crippen LogP contribution < -0.4 is 0 Å². The van der Waals surface area contributed by atoms with Gasteiger partial charge < -0.3 is 18.9 Å². The average Bonchev–Trinajstić information content (AvgIpc) is 2.90. The Morgan fingerprint density at radius 2 is 1.57 bits per heavy atom. The Hall–Kier alpha value is -2.70. The van der Waals surface area contributed by atoms with Gasteiger partial charge in [-0.2, -0.15) is 0 Å². The summed E-state index contributed by atoms with van der Waals surface area (Å²) in [6, 6.07) is 12.7. The average molecular weight is 388 g/mol. The van der Waals surface area contributed by atoms with E-state index < -0.39 is 43.4 Å². The quantitative estimate of drug-likeness (QED) is 0.706.